The van der Waals surface area contributed by atoms with Gasteiger partial charge in [0, 0.05) is 24.3 Å². The summed E-state index contributed by atoms with van der Waals surface area (Å²) in [5.41, 5.74) is 3.74. The first kappa shape index (κ1) is 18.0. The molecule has 0 radical (unpaired) electrons. The number of piperidine rings is 1. The minimum atomic E-state index is -0.216. The van der Waals surface area contributed by atoms with Crippen LogP contribution in [-0.4, -0.2) is 25.0 Å². The van der Waals surface area contributed by atoms with Crippen molar-refractivity contribution in [1.29, 1.82) is 0 Å². The van der Waals surface area contributed by atoms with Gasteiger partial charge in [0.05, 0.1) is 0 Å². The molecule has 0 bridgehead atoms. The SMILES string of the molecule is Cc1ccc(OCC(=O)Nc2ccc(N3CCCCC3=O)c(C)c2)cc1. The van der Waals surface area contributed by atoms with E-state index in [2.05, 4.69) is 5.32 Å². The van der Waals surface area contributed by atoms with Crippen LogP contribution >= 0.6 is 0 Å². The lowest BCUT2D eigenvalue weighted by Gasteiger charge is -2.28. The summed E-state index contributed by atoms with van der Waals surface area (Å²) in [7, 11) is 0. The first-order valence-corrected chi connectivity index (χ1v) is 8.93. The first-order chi connectivity index (χ1) is 12.5. The van der Waals surface area contributed by atoms with Crippen LogP contribution in [0.5, 0.6) is 5.75 Å². The zero-order valence-electron chi connectivity index (χ0n) is 15.2. The van der Waals surface area contributed by atoms with Crippen LogP contribution in [0.1, 0.15) is 30.4 Å². The zero-order chi connectivity index (χ0) is 18.5. The number of amides is 2. The monoisotopic (exact) mass is 352 g/mol. The predicted octanol–water partition coefficient (Wildman–Crippen LogP) is 3.84. The number of aryl methyl sites for hydroxylation is 2. The molecule has 1 aliphatic rings. The second-order valence-electron chi connectivity index (χ2n) is 6.65. The smallest absolute Gasteiger partial charge is 0.262 e. The molecule has 5 nitrogen and oxygen atoms in total. The molecule has 136 valence electrons. The van der Waals surface area contributed by atoms with Gasteiger partial charge >= 0.3 is 0 Å². The number of anilines is 2. The normalized spacial score (nSPS) is 14.2. The molecule has 2 aromatic rings. The Hall–Kier alpha value is -2.82. The predicted molar refractivity (Wildman–Crippen MR) is 103 cm³/mol. The average Bonchev–Trinajstić information content (AvgIpc) is 2.62. The number of hydrogen-bond acceptors (Lipinski definition) is 3. The van der Waals surface area contributed by atoms with E-state index in [-0.39, 0.29) is 18.4 Å². The average molecular weight is 352 g/mol. The summed E-state index contributed by atoms with van der Waals surface area (Å²) in [5, 5.41) is 2.84. The molecular weight excluding hydrogens is 328 g/mol. The number of carbonyl (C=O) groups excluding carboxylic acids is 2. The number of hydrogen-bond donors (Lipinski definition) is 1. The highest BCUT2D eigenvalue weighted by atomic mass is 16.5. The summed E-state index contributed by atoms with van der Waals surface area (Å²) in [6, 6.07) is 13.2. The van der Waals surface area contributed by atoms with E-state index in [0.29, 0.717) is 17.9 Å². The summed E-state index contributed by atoms with van der Waals surface area (Å²) >= 11 is 0. The van der Waals surface area contributed by atoms with Crippen LogP contribution in [0.15, 0.2) is 42.5 Å². The second-order valence-corrected chi connectivity index (χ2v) is 6.65. The Labute approximate surface area is 154 Å². The van der Waals surface area contributed by atoms with E-state index in [0.717, 1.165) is 36.2 Å². The van der Waals surface area contributed by atoms with Crippen molar-refractivity contribution in [2.24, 2.45) is 0 Å². The van der Waals surface area contributed by atoms with Crippen molar-refractivity contribution in [3.63, 3.8) is 0 Å². The number of nitrogens with one attached hydrogen (secondary N) is 1. The van der Waals surface area contributed by atoms with Gasteiger partial charge in [-0.05, 0) is 62.6 Å². The van der Waals surface area contributed by atoms with Gasteiger partial charge in [-0.2, -0.15) is 0 Å². The van der Waals surface area contributed by atoms with Crippen molar-refractivity contribution in [2.75, 3.05) is 23.4 Å². The fourth-order valence-corrected chi connectivity index (χ4v) is 3.08. The summed E-state index contributed by atoms with van der Waals surface area (Å²) in [4.78, 5) is 26.0. The Kier molecular flexibility index (Phi) is 5.56. The molecule has 3 rings (SSSR count). The molecule has 1 heterocycles. The number of benzene rings is 2. The topological polar surface area (TPSA) is 58.6 Å². The van der Waals surface area contributed by atoms with E-state index in [1.807, 2.05) is 61.2 Å². The van der Waals surface area contributed by atoms with Gasteiger partial charge in [0.15, 0.2) is 6.61 Å². The molecule has 0 atom stereocenters. The molecule has 1 N–H and O–H groups in total. The maximum absolute atomic E-state index is 12.1. The highest BCUT2D eigenvalue weighted by molar-refractivity contribution is 5.96. The Morgan fingerprint density at radius 3 is 2.58 bits per heavy atom. The molecule has 2 amide bonds. The van der Waals surface area contributed by atoms with Crippen LogP contribution < -0.4 is 15.0 Å². The molecule has 0 unspecified atom stereocenters. The summed E-state index contributed by atoms with van der Waals surface area (Å²) in [5.74, 6) is 0.621. The van der Waals surface area contributed by atoms with Crippen molar-refractivity contribution < 1.29 is 14.3 Å². The molecule has 0 spiro atoms. The molecule has 0 aromatic heterocycles. The molecule has 2 aromatic carbocycles. The zero-order valence-corrected chi connectivity index (χ0v) is 15.2. The van der Waals surface area contributed by atoms with Gasteiger partial charge in [0.25, 0.3) is 5.91 Å². The number of rotatable bonds is 5. The number of ether oxygens (including phenoxy) is 1. The van der Waals surface area contributed by atoms with Crippen LogP contribution in [0.2, 0.25) is 0 Å². The molecule has 1 aliphatic heterocycles. The summed E-state index contributed by atoms with van der Waals surface area (Å²) in [6.45, 7) is 4.67. The van der Waals surface area contributed by atoms with Crippen LogP contribution in [0.4, 0.5) is 11.4 Å². The van der Waals surface area contributed by atoms with Gasteiger partial charge < -0.3 is 15.0 Å². The molecule has 0 saturated carbocycles. The van der Waals surface area contributed by atoms with Crippen LogP contribution in [0.3, 0.4) is 0 Å². The maximum Gasteiger partial charge on any atom is 0.262 e. The fraction of sp³-hybridized carbons (Fsp3) is 0.333. The van der Waals surface area contributed by atoms with Crippen LogP contribution in [-0.2, 0) is 9.59 Å². The Balaban J connectivity index is 1.59. The van der Waals surface area contributed by atoms with Crippen molar-refractivity contribution >= 4 is 23.2 Å². The summed E-state index contributed by atoms with van der Waals surface area (Å²) < 4.78 is 5.49. The van der Waals surface area contributed by atoms with E-state index in [9.17, 15) is 9.59 Å². The van der Waals surface area contributed by atoms with E-state index in [1.54, 1.807) is 0 Å². The quantitative estimate of drug-likeness (QED) is 0.889. The lowest BCUT2D eigenvalue weighted by molar-refractivity contribution is -0.119. The van der Waals surface area contributed by atoms with Crippen molar-refractivity contribution in [2.45, 2.75) is 33.1 Å². The van der Waals surface area contributed by atoms with Crippen LogP contribution in [0, 0.1) is 13.8 Å². The number of nitrogens with zero attached hydrogens (tertiary/aromatic N) is 1. The highest BCUT2D eigenvalue weighted by Gasteiger charge is 2.21. The van der Waals surface area contributed by atoms with Gasteiger partial charge in [-0.3, -0.25) is 9.59 Å². The standard InChI is InChI=1S/C21H24N2O3/c1-15-6-9-18(10-7-15)26-14-20(24)22-17-8-11-19(16(2)13-17)23-12-4-3-5-21(23)25/h6-11,13H,3-5,12,14H2,1-2H3,(H,22,24). The van der Waals surface area contributed by atoms with E-state index >= 15 is 0 Å². The first-order valence-electron chi connectivity index (χ1n) is 8.93. The van der Waals surface area contributed by atoms with Gasteiger partial charge in [-0.15, -0.1) is 0 Å². The fourth-order valence-electron chi connectivity index (χ4n) is 3.08. The summed E-state index contributed by atoms with van der Waals surface area (Å²) in [6.07, 6.45) is 2.60. The Morgan fingerprint density at radius 1 is 1.12 bits per heavy atom. The van der Waals surface area contributed by atoms with Gasteiger partial charge in [-0.25, -0.2) is 0 Å². The van der Waals surface area contributed by atoms with E-state index in [4.69, 9.17) is 4.74 Å². The third-order valence-corrected chi connectivity index (χ3v) is 4.49. The lowest BCUT2D eigenvalue weighted by atomic mass is 10.1. The largest absolute Gasteiger partial charge is 0.484 e. The van der Waals surface area contributed by atoms with Crippen molar-refractivity contribution in [1.82, 2.24) is 0 Å². The Bertz CT molecular complexity index is 799. The third kappa shape index (κ3) is 4.42. The highest BCUT2D eigenvalue weighted by Crippen LogP contribution is 2.27. The molecule has 1 saturated heterocycles. The second kappa shape index (κ2) is 8.04. The Morgan fingerprint density at radius 2 is 1.88 bits per heavy atom. The van der Waals surface area contributed by atoms with Crippen molar-refractivity contribution in [3.8, 4) is 5.75 Å². The number of carbonyl (C=O) groups is 2. The van der Waals surface area contributed by atoms with Gasteiger partial charge in [0.1, 0.15) is 5.75 Å². The van der Waals surface area contributed by atoms with Gasteiger partial charge in [0.2, 0.25) is 5.91 Å². The molecule has 1 fully saturated rings. The molecular formula is C21H24N2O3. The van der Waals surface area contributed by atoms with E-state index in [1.165, 1.54) is 0 Å². The minimum absolute atomic E-state index is 0.0472. The van der Waals surface area contributed by atoms with Gasteiger partial charge in [-0.1, -0.05) is 17.7 Å². The molecule has 26 heavy (non-hydrogen) atoms. The molecule has 0 aliphatic carbocycles. The van der Waals surface area contributed by atoms with Crippen LogP contribution in [0.25, 0.3) is 0 Å². The maximum atomic E-state index is 12.1. The minimum Gasteiger partial charge on any atom is -0.484 e. The van der Waals surface area contributed by atoms with Crippen molar-refractivity contribution in [3.05, 3.63) is 53.6 Å². The molecule has 5 heteroatoms. The lowest BCUT2D eigenvalue weighted by Crippen LogP contribution is -2.35. The third-order valence-electron chi connectivity index (χ3n) is 4.49. The van der Waals surface area contributed by atoms with E-state index < -0.39 is 0 Å².